The molecule has 0 aliphatic carbocycles. The third kappa shape index (κ3) is 2.83. The second-order valence-corrected chi connectivity index (χ2v) is 6.88. The summed E-state index contributed by atoms with van der Waals surface area (Å²) < 4.78 is 13.0. The zero-order valence-corrected chi connectivity index (χ0v) is 14.0. The number of fused-ring (bicyclic) bond motifs is 1. The second-order valence-electron chi connectivity index (χ2n) is 6.88. The molecule has 2 aromatic heterocycles. The highest BCUT2D eigenvalue weighted by molar-refractivity contribution is 5.82. The van der Waals surface area contributed by atoms with E-state index >= 15 is 0 Å². The highest BCUT2D eigenvalue weighted by Gasteiger charge is 2.22. The molecule has 0 spiro atoms. The van der Waals surface area contributed by atoms with Crippen LogP contribution in [0.25, 0.3) is 22.3 Å². The molecular weight excluding hydrogens is 318 g/mol. The van der Waals surface area contributed by atoms with Gasteiger partial charge < -0.3 is 14.6 Å². The first-order valence-corrected chi connectivity index (χ1v) is 8.98. The average molecular weight is 339 g/mol. The molecule has 2 aliphatic heterocycles. The molecule has 4 heterocycles. The molecule has 1 aromatic carbocycles. The van der Waals surface area contributed by atoms with E-state index in [1.54, 1.807) is 0 Å². The number of piperidine rings is 1. The highest BCUT2D eigenvalue weighted by Crippen LogP contribution is 2.28. The molecule has 2 aliphatic rings. The number of nitrogens with zero attached hydrogens (tertiary/aromatic N) is 4. The molecule has 1 atom stereocenters. The molecule has 3 aromatic rings. The molecule has 0 amide bonds. The van der Waals surface area contributed by atoms with Crippen LogP contribution in [0, 0.1) is 0 Å². The Morgan fingerprint density at radius 3 is 2.92 bits per heavy atom. The summed E-state index contributed by atoms with van der Waals surface area (Å²) in [4.78, 5) is 4.64. The normalized spacial score (nSPS) is 22.0. The van der Waals surface area contributed by atoms with Crippen LogP contribution in [0.1, 0.15) is 37.1 Å². The lowest BCUT2D eigenvalue weighted by Gasteiger charge is -2.18. The molecule has 1 unspecified atom stereocenters. The Bertz CT molecular complexity index is 875. The van der Waals surface area contributed by atoms with Crippen LogP contribution in [-0.2, 0) is 4.74 Å². The summed E-state index contributed by atoms with van der Waals surface area (Å²) in [6.45, 7) is 3.58. The first kappa shape index (κ1) is 15.0. The fraction of sp³-hybridized carbons (Fsp3) is 0.500. The Labute approximate surface area is 145 Å². The van der Waals surface area contributed by atoms with E-state index in [0.717, 1.165) is 67.9 Å². The summed E-state index contributed by atoms with van der Waals surface area (Å²) >= 11 is 0. The van der Waals surface area contributed by atoms with Gasteiger partial charge in [0.1, 0.15) is 0 Å². The smallest absolute Gasteiger partial charge is 0.230 e. The Morgan fingerprint density at radius 1 is 1.16 bits per heavy atom. The lowest BCUT2D eigenvalue weighted by molar-refractivity contribution is 0.184. The van der Waals surface area contributed by atoms with Crippen molar-refractivity contribution in [3.8, 4) is 11.4 Å². The van der Waals surface area contributed by atoms with Gasteiger partial charge in [-0.2, -0.15) is 10.1 Å². The van der Waals surface area contributed by atoms with E-state index in [-0.39, 0.29) is 0 Å². The number of rotatable bonds is 3. The van der Waals surface area contributed by atoms with Gasteiger partial charge in [-0.05, 0) is 38.4 Å². The van der Waals surface area contributed by atoms with Gasteiger partial charge in [0.05, 0.1) is 18.2 Å². The lowest BCUT2D eigenvalue weighted by Crippen LogP contribution is -2.26. The van der Waals surface area contributed by atoms with Gasteiger partial charge in [0.2, 0.25) is 11.7 Å². The van der Waals surface area contributed by atoms with Crippen molar-refractivity contribution in [3.05, 3.63) is 30.3 Å². The molecule has 0 radical (unpaired) electrons. The van der Waals surface area contributed by atoms with E-state index < -0.39 is 0 Å². The van der Waals surface area contributed by atoms with Crippen LogP contribution in [0.2, 0.25) is 0 Å². The van der Waals surface area contributed by atoms with E-state index in [1.807, 2.05) is 16.8 Å². The Morgan fingerprint density at radius 2 is 2.08 bits per heavy atom. The third-order valence-corrected chi connectivity index (χ3v) is 5.19. The predicted octanol–water partition coefficient (Wildman–Crippen LogP) is 2.51. The van der Waals surface area contributed by atoms with Gasteiger partial charge in [-0.25, -0.2) is 0 Å². The zero-order valence-electron chi connectivity index (χ0n) is 14.0. The van der Waals surface area contributed by atoms with Crippen LogP contribution in [-0.4, -0.2) is 46.2 Å². The highest BCUT2D eigenvalue weighted by atomic mass is 16.5. The van der Waals surface area contributed by atoms with Gasteiger partial charge in [-0.1, -0.05) is 17.3 Å². The Kier molecular flexibility index (Phi) is 3.75. The predicted molar refractivity (Wildman–Crippen MR) is 92.3 cm³/mol. The maximum atomic E-state index is 5.53. The fourth-order valence-corrected chi connectivity index (χ4v) is 3.68. The van der Waals surface area contributed by atoms with E-state index in [4.69, 9.17) is 14.4 Å². The maximum Gasteiger partial charge on any atom is 0.230 e. The Balaban J connectivity index is 1.43. The lowest BCUT2D eigenvalue weighted by atomic mass is 9.98. The van der Waals surface area contributed by atoms with Crippen molar-refractivity contribution in [3.63, 3.8) is 0 Å². The summed E-state index contributed by atoms with van der Waals surface area (Å²) in [6.07, 6.45) is 5.21. The molecule has 0 saturated carbocycles. The summed E-state index contributed by atoms with van der Waals surface area (Å²) in [5, 5.41) is 13.4. The van der Waals surface area contributed by atoms with E-state index in [0.29, 0.717) is 17.8 Å². The van der Waals surface area contributed by atoms with Crippen molar-refractivity contribution in [2.24, 2.45) is 0 Å². The molecule has 130 valence electrons. The SMILES string of the molecule is c1cc2cn(C3CCOC3)nc2cc1-c1noc(C2CCNCC2)n1. The molecule has 2 fully saturated rings. The molecule has 7 nitrogen and oxygen atoms in total. The van der Waals surface area contributed by atoms with Crippen molar-refractivity contribution in [2.45, 2.75) is 31.2 Å². The van der Waals surface area contributed by atoms with Crippen molar-refractivity contribution in [1.82, 2.24) is 25.2 Å². The monoisotopic (exact) mass is 339 g/mol. The average Bonchev–Trinajstić information content (AvgIpc) is 3.41. The molecular formula is C18H21N5O2. The minimum absolute atomic E-state index is 0.340. The van der Waals surface area contributed by atoms with Gasteiger partial charge >= 0.3 is 0 Å². The quantitative estimate of drug-likeness (QED) is 0.790. The Hall–Kier alpha value is -2.25. The minimum atomic E-state index is 0.340. The first-order chi connectivity index (χ1) is 12.4. The zero-order chi connectivity index (χ0) is 16.6. The van der Waals surface area contributed by atoms with E-state index in [9.17, 15) is 0 Å². The van der Waals surface area contributed by atoms with Gasteiger partial charge in [0, 0.05) is 29.7 Å². The van der Waals surface area contributed by atoms with Crippen LogP contribution in [0.3, 0.4) is 0 Å². The summed E-state index contributed by atoms with van der Waals surface area (Å²) in [6, 6.07) is 6.49. The van der Waals surface area contributed by atoms with Gasteiger partial charge in [-0.3, -0.25) is 4.68 Å². The standard InChI is InChI=1S/C18H21N5O2/c1-2-14-10-23(15-5-8-24-11-15)21-16(14)9-13(1)17-20-18(25-22-17)12-3-6-19-7-4-12/h1-2,9-10,12,15,19H,3-8,11H2. The summed E-state index contributed by atoms with van der Waals surface area (Å²) in [7, 11) is 0. The van der Waals surface area contributed by atoms with E-state index in [1.165, 1.54) is 0 Å². The number of hydrogen-bond acceptors (Lipinski definition) is 6. The van der Waals surface area contributed by atoms with Crippen molar-refractivity contribution < 1.29 is 9.26 Å². The van der Waals surface area contributed by atoms with Crippen LogP contribution in [0.15, 0.2) is 28.9 Å². The van der Waals surface area contributed by atoms with E-state index in [2.05, 4.69) is 27.7 Å². The summed E-state index contributed by atoms with van der Waals surface area (Å²) in [5.41, 5.74) is 1.90. The van der Waals surface area contributed by atoms with Gasteiger partial charge in [0.25, 0.3) is 0 Å². The third-order valence-electron chi connectivity index (χ3n) is 5.19. The van der Waals surface area contributed by atoms with Crippen LogP contribution < -0.4 is 5.32 Å². The van der Waals surface area contributed by atoms with Crippen LogP contribution in [0.4, 0.5) is 0 Å². The molecule has 25 heavy (non-hydrogen) atoms. The van der Waals surface area contributed by atoms with Crippen molar-refractivity contribution in [1.29, 1.82) is 0 Å². The minimum Gasteiger partial charge on any atom is -0.379 e. The largest absolute Gasteiger partial charge is 0.379 e. The van der Waals surface area contributed by atoms with Crippen LogP contribution >= 0.6 is 0 Å². The maximum absolute atomic E-state index is 5.53. The summed E-state index contributed by atoms with van der Waals surface area (Å²) in [5.74, 6) is 1.77. The number of nitrogens with one attached hydrogen (secondary N) is 1. The fourth-order valence-electron chi connectivity index (χ4n) is 3.68. The van der Waals surface area contributed by atoms with Crippen molar-refractivity contribution >= 4 is 10.9 Å². The number of hydrogen-bond donors (Lipinski definition) is 1. The topological polar surface area (TPSA) is 78.0 Å². The molecule has 0 bridgehead atoms. The van der Waals surface area contributed by atoms with Crippen LogP contribution in [0.5, 0.6) is 0 Å². The number of ether oxygens (including phenoxy) is 1. The molecule has 7 heteroatoms. The molecule has 1 N–H and O–H groups in total. The van der Waals surface area contributed by atoms with Gasteiger partial charge in [-0.15, -0.1) is 0 Å². The number of aromatic nitrogens is 4. The second kappa shape index (κ2) is 6.24. The number of benzene rings is 1. The molecule has 5 rings (SSSR count). The van der Waals surface area contributed by atoms with Crippen molar-refractivity contribution in [2.75, 3.05) is 26.3 Å². The molecule has 2 saturated heterocycles. The first-order valence-electron chi connectivity index (χ1n) is 8.98. The van der Waals surface area contributed by atoms with Gasteiger partial charge in [0.15, 0.2) is 0 Å².